The maximum absolute atomic E-state index is 10.5. The van der Waals surface area contributed by atoms with Gasteiger partial charge in [-0.2, -0.15) is 0 Å². The maximum Gasteiger partial charge on any atom is 0.159 e. The highest BCUT2D eigenvalue weighted by molar-refractivity contribution is 7.19. The van der Waals surface area contributed by atoms with Crippen LogP contribution in [0.1, 0.15) is 13.8 Å². The molecule has 44 valence electrons. The number of ketones is 1. The van der Waals surface area contributed by atoms with Crippen molar-refractivity contribution in [2.75, 3.05) is 0 Å². The molecule has 0 bridgehead atoms. The quantitative estimate of drug-likeness (QED) is 0.406. The third-order valence-corrected chi connectivity index (χ3v) is 1.18. The summed E-state index contributed by atoms with van der Waals surface area (Å²) in [7, 11) is 3.11. The fraction of sp³-hybridized carbons (Fsp3) is 0.333. The normalized spacial score (nSPS) is 11.0. The van der Waals surface area contributed by atoms with Crippen LogP contribution < -0.4 is 0 Å². The molecule has 0 atom stereocenters. The van der Waals surface area contributed by atoms with Crippen LogP contribution in [0.5, 0.6) is 0 Å². The molecule has 0 aliphatic rings. The molecule has 0 amide bonds. The fourth-order valence-electron chi connectivity index (χ4n) is 0.388. The van der Waals surface area contributed by atoms with Crippen molar-refractivity contribution < 1.29 is 4.79 Å². The number of hydrogen-bond acceptors (Lipinski definition) is 1. The summed E-state index contributed by atoms with van der Waals surface area (Å²) in [4.78, 5) is 10.5. The molecule has 0 saturated carbocycles. The maximum atomic E-state index is 10.5. The summed E-state index contributed by atoms with van der Waals surface area (Å²) in [5.74, 6) is 1.70. The van der Waals surface area contributed by atoms with Crippen LogP contribution in [-0.4, -0.2) is 11.6 Å². The van der Waals surface area contributed by atoms with Crippen molar-refractivity contribution in [2.24, 2.45) is 0 Å². The summed E-state index contributed by atoms with van der Waals surface area (Å²) in [6.45, 7) is 3.36. The summed E-state index contributed by atoms with van der Waals surface area (Å²) < 4.78 is 0. The topological polar surface area (TPSA) is 17.1 Å². The summed E-state index contributed by atoms with van der Waals surface area (Å²) in [6.07, 6.45) is 1.76. The van der Waals surface area contributed by atoms with Gasteiger partial charge in [-0.15, -0.1) is 8.86 Å². The van der Waals surface area contributed by atoms with Crippen LogP contribution >= 0.6 is 8.86 Å². The first kappa shape index (κ1) is 7.58. The lowest BCUT2D eigenvalue weighted by Gasteiger charge is -1.87. The Balaban J connectivity index is 4.13. The SMILES string of the molecule is CC=C(C=P)C(C)=O. The molecule has 0 aliphatic heterocycles. The highest BCUT2D eigenvalue weighted by atomic mass is 31.0. The number of allylic oxidation sites excluding steroid dienone is 2. The molecule has 0 radical (unpaired) electrons. The largest absolute Gasteiger partial charge is 0.295 e. The van der Waals surface area contributed by atoms with Gasteiger partial charge >= 0.3 is 0 Å². The number of rotatable bonds is 2. The smallest absolute Gasteiger partial charge is 0.159 e. The van der Waals surface area contributed by atoms with E-state index in [9.17, 15) is 4.79 Å². The Kier molecular flexibility index (Phi) is 3.38. The van der Waals surface area contributed by atoms with Gasteiger partial charge in [-0.25, -0.2) is 0 Å². The number of hydrogen-bond donors (Lipinski definition) is 0. The second-order valence-corrected chi connectivity index (χ2v) is 1.73. The highest BCUT2D eigenvalue weighted by Gasteiger charge is 1.92. The number of carbonyl (C=O) groups excluding carboxylic acids is 1. The first-order valence-electron chi connectivity index (χ1n) is 2.40. The van der Waals surface area contributed by atoms with Gasteiger partial charge in [0, 0.05) is 5.57 Å². The van der Waals surface area contributed by atoms with Crippen LogP contribution in [0.3, 0.4) is 0 Å². The standard InChI is InChI=1S/C6H9OP/c1-3-6(4-8)5(2)7/h3-4,8H,1-2H3. The number of carbonyl (C=O) groups is 1. The molecule has 0 unspecified atom stereocenters. The first-order chi connectivity index (χ1) is 3.72. The predicted octanol–water partition coefficient (Wildman–Crippen LogP) is 1.47. The van der Waals surface area contributed by atoms with Gasteiger partial charge in [-0.1, -0.05) is 6.08 Å². The van der Waals surface area contributed by atoms with E-state index in [4.69, 9.17) is 0 Å². The zero-order valence-corrected chi connectivity index (χ0v) is 6.06. The minimum atomic E-state index is 0.0856. The lowest BCUT2D eigenvalue weighted by Crippen LogP contribution is -1.94. The average Bonchev–Trinajstić information content (AvgIpc) is 1.69. The summed E-state index contributed by atoms with van der Waals surface area (Å²) >= 11 is 0. The van der Waals surface area contributed by atoms with Gasteiger partial charge in [-0.3, -0.25) is 4.79 Å². The zero-order valence-electron chi connectivity index (χ0n) is 5.06. The molecule has 0 aromatic carbocycles. The van der Waals surface area contributed by atoms with E-state index in [-0.39, 0.29) is 5.78 Å². The van der Waals surface area contributed by atoms with Crippen LogP contribution in [-0.2, 0) is 4.79 Å². The van der Waals surface area contributed by atoms with Crippen molar-refractivity contribution in [1.29, 1.82) is 0 Å². The van der Waals surface area contributed by atoms with Crippen LogP contribution in [0.4, 0.5) is 0 Å². The molecule has 8 heavy (non-hydrogen) atoms. The fourth-order valence-corrected chi connectivity index (χ4v) is 0.758. The minimum absolute atomic E-state index is 0.0856. The third kappa shape index (κ3) is 2.04. The first-order valence-corrected chi connectivity index (χ1v) is 2.97. The van der Waals surface area contributed by atoms with Crippen LogP contribution in [0.25, 0.3) is 0 Å². The van der Waals surface area contributed by atoms with Crippen molar-refractivity contribution in [3.63, 3.8) is 0 Å². The second-order valence-electron chi connectivity index (χ2n) is 1.44. The van der Waals surface area contributed by atoms with E-state index in [1.54, 1.807) is 11.9 Å². The zero-order chi connectivity index (χ0) is 6.57. The molecule has 0 aromatic heterocycles. The molecular weight excluding hydrogens is 119 g/mol. The molecule has 0 N–H and O–H groups in total. The molecule has 0 rings (SSSR count). The van der Waals surface area contributed by atoms with E-state index in [0.29, 0.717) is 5.57 Å². The summed E-state index contributed by atoms with van der Waals surface area (Å²) in [5.41, 5.74) is 0.710. The van der Waals surface area contributed by atoms with Crippen LogP contribution in [0.2, 0.25) is 0 Å². The van der Waals surface area contributed by atoms with Crippen molar-refractivity contribution in [3.8, 4) is 0 Å². The lowest BCUT2D eigenvalue weighted by molar-refractivity contribution is -0.113. The Labute approximate surface area is 51.6 Å². The molecule has 2 heteroatoms. The Hall–Kier alpha value is -0.420. The Morgan fingerprint density at radius 2 is 2.12 bits per heavy atom. The van der Waals surface area contributed by atoms with E-state index in [0.717, 1.165) is 0 Å². The van der Waals surface area contributed by atoms with E-state index < -0.39 is 0 Å². The van der Waals surface area contributed by atoms with Gasteiger partial charge in [0.05, 0.1) is 0 Å². The van der Waals surface area contributed by atoms with Crippen molar-refractivity contribution in [1.82, 2.24) is 0 Å². The molecule has 1 nitrogen and oxygen atoms in total. The van der Waals surface area contributed by atoms with Gasteiger partial charge in [0.2, 0.25) is 0 Å². The average molecular weight is 128 g/mol. The third-order valence-electron chi connectivity index (χ3n) is 0.873. The van der Waals surface area contributed by atoms with Crippen molar-refractivity contribution in [2.45, 2.75) is 13.8 Å². The lowest BCUT2D eigenvalue weighted by atomic mass is 10.2. The predicted molar refractivity (Wildman–Crippen MR) is 38.8 cm³/mol. The molecular formula is C6H9OP. The van der Waals surface area contributed by atoms with Crippen LogP contribution in [0, 0.1) is 0 Å². The molecule has 0 saturated heterocycles. The Bertz CT molecular complexity index is 135. The molecule has 0 fully saturated rings. The van der Waals surface area contributed by atoms with Gasteiger partial charge in [0.15, 0.2) is 5.78 Å². The van der Waals surface area contributed by atoms with E-state index in [1.165, 1.54) is 6.92 Å². The van der Waals surface area contributed by atoms with Gasteiger partial charge < -0.3 is 0 Å². The minimum Gasteiger partial charge on any atom is -0.295 e. The Morgan fingerprint density at radius 3 is 2.12 bits per heavy atom. The second kappa shape index (κ2) is 3.57. The van der Waals surface area contributed by atoms with Gasteiger partial charge in [0.1, 0.15) is 0 Å². The van der Waals surface area contributed by atoms with Crippen molar-refractivity contribution >= 4 is 20.4 Å². The Morgan fingerprint density at radius 1 is 1.62 bits per heavy atom. The van der Waals surface area contributed by atoms with Gasteiger partial charge in [0.25, 0.3) is 0 Å². The summed E-state index contributed by atoms with van der Waals surface area (Å²) in [5, 5.41) is 0. The molecule has 0 aromatic rings. The highest BCUT2D eigenvalue weighted by Crippen LogP contribution is 1.90. The molecule has 0 spiro atoms. The van der Waals surface area contributed by atoms with Crippen molar-refractivity contribution in [3.05, 3.63) is 11.6 Å². The number of Topliss-reactive ketones (excluding diaryl/α,β-unsaturated/α-hetero) is 1. The summed E-state index contributed by atoms with van der Waals surface area (Å²) in [6, 6.07) is 0. The van der Waals surface area contributed by atoms with Gasteiger partial charge in [-0.05, 0) is 19.6 Å². The van der Waals surface area contributed by atoms with E-state index in [1.807, 2.05) is 6.92 Å². The monoisotopic (exact) mass is 128 g/mol. The van der Waals surface area contributed by atoms with E-state index in [2.05, 4.69) is 8.86 Å². The van der Waals surface area contributed by atoms with E-state index >= 15 is 0 Å². The van der Waals surface area contributed by atoms with Crippen LogP contribution in [0.15, 0.2) is 11.6 Å². The molecule has 0 aliphatic carbocycles. The molecule has 0 heterocycles.